The second kappa shape index (κ2) is 5.29. The Morgan fingerprint density at radius 2 is 2.22 bits per heavy atom. The van der Waals surface area contributed by atoms with Crippen LogP contribution in [0.5, 0.6) is 5.75 Å². The number of carbonyl (C=O) groups is 1. The molecule has 1 aromatic rings. The van der Waals surface area contributed by atoms with Gasteiger partial charge >= 0.3 is 0 Å². The Hall–Kier alpha value is -1.71. The molecule has 2 rings (SSSR count). The van der Waals surface area contributed by atoms with Gasteiger partial charge in [0.15, 0.2) is 6.61 Å². The summed E-state index contributed by atoms with van der Waals surface area (Å²) in [7, 11) is 0. The van der Waals surface area contributed by atoms with E-state index in [-0.39, 0.29) is 12.5 Å². The topological polar surface area (TPSA) is 55.6 Å². The summed E-state index contributed by atoms with van der Waals surface area (Å²) in [5, 5.41) is 0. The lowest BCUT2D eigenvalue weighted by Crippen LogP contribution is -2.36. The summed E-state index contributed by atoms with van der Waals surface area (Å²) in [6, 6.07) is 5.94. The Balaban J connectivity index is 1.94. The van der Waals surface area contributed by atoms with Gasteiger partial charge in [0.05, 0.1) is 0 Å². The number of nitrogens with two attached hydrogens (primary N) is 1. The molecule has 0 saturated heterocycles. The number of benzene rings is 1. The Kier molecular flexibility index (Phi) is 3.75. The molecule has 98 valence electrons. The highest BCUT2D eigenvalue weighted by atomic mass is 16.5. The van der Waals surface area contributed by atoms with Crippen LogP contribution >= 0.6 is 0 Å². The van der Waals surface area contributed by atoms with Gasteiger partial charge in [-0.05, 0) is 38.8 Å². The minimum Gasteiger partial charge on any atom is -0.483 e. The van der Waals surface area contributed by atoms with Crippen LogP contribution in [0.1, 0.15) is 25.3 Å². The molecular weight excluding hydrogens is 228 g/mol. The molecule has 0 aliphatic heterocycles. The highest BCUT2D eigenvalue weighted by Crippen LogP contribution is 2.27. The van der Waals surface area contributed by atoms with Gasteiger partial charge in [0, 0.05) is 23.8 Å². The van der Waals surface area contributed by atoms with E-state index in [4.69, 9.17) is 10.5 Å². The molecule has 4 heteroatoms. The number of ether oxygens (including phenoxy) is 1. The fraction of sp³-hybridized carbons (Fsp3) is 0.500. The number of anilines is 1. The molecule has 0 radical (unpaired) electrons. The van der Waals surface area contributed by atoms with Crippen molar-refractivity contribution in [3.05, 3.63) is 23.8 Å². The molecular formula is C14H20N2O2. The lowest BCUT2D eigenvalue weighted by molar-refractivity contribution is -0.133. The smallest absolute Gasteiger partial charge is 0.260 e. The van der Waals surface area contributed by atoms with Gasteiger partial charge in [0.1, 0.15) is 5.75 Å². The van der Waals surface area contributed by atoms with Crippen LogP contribution in [-0.2, 0) is 4.79 Å². The number of carbonyl (C=O) groups excluding carboxylic acids is 1. The van der Waals surface area contributed by atoms with E-state index in [2.05, 4.69) is 0 Å². The van der Waals surface area contributed by atoms with E-state index in [0.29, 0.717) is 17.5 Å². The first-order valence-corrected chi connectivity index (χ1v) is 6.40. The Labute approximate surface area is 108 Å². The highest BCUT2D eigenvalue weighted by Gasteiger charge is 2.31. The molecule has 0 aromatic heterocycles. The van der Waals surface area contributed by atoms with Gasteiger partial charge < -0.3 is 15.4 Å². The number of nitrogens with zero attached hydrogens (tertiary/aromatic N) is 1. The van der Waals surface area contributed by atoms with Crippen LogP contribution in [0.25, 0.3) is 0 Å². The first kappa shape index (κ1) is 12.7. The van der Waals surface area contributed by atoms with Crippen molar-refractivity contribution in [2.45, 2.75) is 32.7 Å². The van der Waals surface area contributed by atoms with Gasteiger partial charge in [0.2, 0.25) is 0 Å². The van der Waals surface area contributed by atoms with E-state index in [1.807, 2.05) is 36.9 Å². The van der Waals surface area contributed by atoms with Gasteiger partial charge in [-0.1, -0.05) is 6.07 Å². The monoisotopic (exact) mass is 248 g/mol. The lowest BCUT2D eigenvalue weighted by Gasteiger charge is -2.20. The molecule has 1 aromatic carbocycles. The molecule has 4 nitrogen and oxygen atoms in total. The predicted molar refractivity (Wildman–Crippen MR) is 71.5 cm³/mol. The highest BCUT2D eigenvalue weighted by molar-refractivity contribution is 5.78. The molecule has 1 fully saturated rings. The Bertz CT molecular complexity index is 441. The zero-order valence-electron chi connectivity index (χ0n) is 11.0. The molecule has 1 saturated carbocycles. The average molecular weight is 248 g/mol. The largest absolute Gasteiger partial charge is 0.483 e. The molecule has 0 spiro atoms. The summed E-state index contributed by atoms with van der Waals surface area (Å²) in [5.74, 6) is 0.747. The zero-order valence-corrected chi connectivity index (χ0v) is 11.0. The maximum absolute atomic E-state index is 12.0. The minimum absolute atomic E-state index is 0.0572. The van der Waals surface area contributed by atoms with Crippen molar-refractivity contribution in [2.75, 3.05) is 18.9 Å². The fourth-order valence-corrected chi connectivity index (χ4v) is 2.03. The third-order valence-electron chi connectivity index (χ3n) is 3.33. The third kappa shape index (κ3) is 2.75. The van der Waals surface area contributed by atoms with Crippen LogP contribution in [0, 0.1) is 6.92 Å². The number of likely N-dealkylation sites (N-methyl/N-ethyl adjacent to an activating group) is 1. The van der Waals surface area contributed by atoms with Gasteiger partial charge in [-0.15, -0.1) is 0 Å². The number of nitrogen functional groups attached to an aromatic ring is 1. The molecule has 1 aliphatic carbocycles. The van der Waals surface area contributed by atoms with Crippen molar-refractivity contribution in [1.82, 2.24) is 4.90 Å². The van der Waals surface area contributed by atoms with Crippen molar-refractivity contribution < 1.29 is 9.53 Å². The van der Waals surface area contributed by atoms with E-state index in [1.165, 1.54) is 0 Å². The molecule has 1 amide bonds. The summed E-state index contributed by atoms with van der Waals surface area (Å²) < 4.78 is 5.57. The number of hydrogen-bond donors (Lipinski definition) is 1. The molecule has 0 bridgehead atoms. The molecule has 0 atom stereocenters. The van der Waals surface area contributed by atoms with Crippen LogP contribution in [-0.4, -0.2) is 30.0 Å². The van der Waals surface area contributed by atoms with Crippen LogP contribution < -0.4 is 10.5 Å². The van der Waals surface area contributed by atoms with Crippen LogP contribution in [0.3, 0.4) is 0 Å². The molecule has 1 aliphatic rings. The fourth-order valence-electron chi connectivity index (χ4n) is 2.03. The normalized spacial score (nSPS) is 14.3. The van der Waals surface area contributed by atoms with Gasteiger partial charge in [-0.3, -0.25) is 4.79 Å². The van der Waals surface area contributed by atoms with E-state index < -0.39 is 0 Å². The summed E-state index contributed by atoms with van der Waals surface area (Å²) in [5.41, 5.74) is 7.37. The number of rotatable bonds is 5. The summed E-state index contributed by atoms with van der Waals surface area (Å²) in [6.45, 7) is 4.74. The standard InChI is InChI=1S/C14H20N2O2/c1-3-16(11-7-8-11)14(17)9-18-13-6-4-5-12(15)10(13)2/h4-6,11H,3,7-9,15H2,1-2H3. The second-order valence-corrected chi connectivity index (χ2v) is 4.67. The van der Waals surface area contributed by atoms with Crippen molar-refractivity contribution >= 4 is 11.6 Å². The minimum atomic E-state index is 0.0572. The van der Waals surface area contributed by atoms with Crippen molar-refractivity contribution in [3.63, 3.8) is 0 Å². The zero-order chi connectivity index (χ0) is 13.1. The van der Waals surface area contributed by atoms with Crippen molar-refractivity contribution in [1.29, 1.82) is 0 Å². The molecule has 2 N–H and O–H groups in total. The lowest BCUT2D eigenvalue weighted by atomic mass is 10.2. The van der Waals surface area contributed by atoms with Crippen LogP contribution in [0.15, 0.2) is 18.2 Å². The number of hydrogen-bond acceptors (Lipinski definition) is 3. The van der Waals surface area contributed by atoms with Crippen LogP contribution in [0.4, 0.5) is 5.69 Å². The summed E-state index contributed by atoms with van der Waals surface area (Å²) in [6.07, 6.45) is 2.24. The SMILES string of the molecule is CCN(C(=O)COc1cccc(N)c1C)C1CC1. The Morgan fingerprint density at radius 3 is 2.83 bits per heavy atom. The van der Waals surface area contributed by atoms with E-state index in [0.717, 1.165) is 24.9 Å². The van der Waals surface area contributed by atoms with Gasteiger partial charge in [0.25, 0.3) is 5.91 Å². The Morgan fingerprint density at radius 1 is 1.50 bits per heavy atom. The quantitative estimate of drug-likeness (QED) is 0.810. The molecule has 0 unspecified atom stereocenters. The summed E-state index contributed by atoms with van der Waals surface area (Å²) in [4.78, 5) is 13.9. The van der Waals surface area contributed by atoms with E-state index >= 15 is 0 Å². The maximum Gasteiger partial charge on any atom is 0.260 e. The van der Waals surface area contributed by atoms with Crippen LogP contribution in [0.2, 0.25) is 0 Å². The predicted octanol–water partition coefficient (Wildman–Crippen LogP) is 1.97. The van der Waals surface area contributed by atoms with E-state index in [9.17, 15) is 4.79 Å². The molecule has 0 heterocycles. The maximum atomic E-state index is 12.0. The third-order valence-corrected chi connectivity index (χ3v) is 3.33. The van der Waals surface area contributed by atoms with Crippen molar-refractivity contribution in [3.8, 4) is 5.75 Å². The first-order chi connectivity index (χ1) is 8.63. The van der Waals surface area contributed by atoms with E-state index in [1.54, 1.807) is 0 Å². The van der Waals surface area contributed by atoms with Crippen molar-refractivity contribution in [2.24, 2.45) is 0 Å². The van der Waals surface area contributed by atoms with Gasteiger partial charge in [-0.25, -0.2) is 0 Å². The first-order valence-electron chi connectivity index (χ1n) is 6.40. The molecule has 18 heavy (non-hydrogen) atoms. The van der Waals surface area contributed by atoms with Gasteiger partial charge in [-0.2, -0.15) is 0 Å². The average Bonchev–Trinajstić information content (AvgIpc) is 3.16. The summed E-state index contributed by atoms with van der Waals surface area (Å²) >= 11 is 0. The number of amides is 1. The second-order valence-electron chi connectivity index (χ2n) is 4.67.